The summed E-state index contributed by atoms with van der Waals surface area (Å²) in [5.41, 5.74) is -0.905. The second-order valence-electron chi connectivity index (χ2n) is 8.82. The first-order valence-corrected chi connectivity index (χ1v) is 8.99. The van der Waals surface area contributed by atoms with Gasteiger partial charge in [0.15, 0.2) is 0 Å². The van der Waals surface area contributed by atoms with E-state index in [0.717, 1.165) is 19.3 Å². The normalized spacial score (nSPS) is 55.4. The van der Waals surface area contributed by atoms with Gasteiger partial charge in [0.25, 0.3) is 0 Å². The quantitative estimate of drug-likeness (QED) is 0.636. The van der Waals surface area contributed by atoms with Crippen molar-refractivity contribution in [1.29, 1.82) is 0 Å². The average molecular weight is 331 g/mol. The van der Waals surface area contributed by atoms with Crippen molar-refractivity contribution in [2.45, 2.75) is 43.4 Å². The van der Waals surface area contributed by atoms with Crippen LogP contribution in [0.4, 0.5) is 0 Å². The lowest BCUT2D eigenvalue weighted by Crippen LogP contribution is -2.68. The third-order valence-electron chi connectivity index (χ3n) is 8.77. The van der Waals surface area contributed by atoms with E-state index >= 15 is 0 Å². The largest absolute Gasteiger partial charge is 0.785 e. The molecule has 2 saturated heterocycles. The molecule has 128 valence electrons. The molecule has 1 aromatic rings. The fraction of sp³-hybridized carbons (Fsp3) is 0.875. The maximum atomic E-state index is 13.2. The van der Waals surface area contributed by atoms with Crippen LogP contribution in [0.15, 0.2) is 9.59 Å². The Hall–Kier alpha value is -1.38. The first kappa shape index (κ1) is 12.9. The van der Waals surface area contributed by atoms with Crippen LogP contribution in [0.5, 0.6) is 0 Å². The summed E-state index contributed by atoms with van der Waals surface area (Å²) in [6.07, 6.45) is 2.95. The van der Waals surface area contributed by atoms with Gasteiger partial charge in [0.1, 0.15) is 0 Å². The van der Waals surface area contributed by atoms with Crippen LogP contribution in [-0.4, -0.2) is 44.3 Å². The highest BCUT2D eigenvalue weighted by Gasteiger charge is 2.86. The first-order chi connectivity index (χ1) is 11.6. The third kappa shape index (κ3) is 0.850. The minimum Gasteiger partial charge on any atom is -0.785 e. The van der Waals surface area contributed by atoms with Crippen LogP contribution >= 0.6 is 0 Å². The van der Waals surface area contributed by atoms with E-state index in [4.69, 9.17) is 4.74 Å². The SMILES string of the molecule is Cn1c(=O)n2n(c1=O)C1C3C4CC5CCC(N3[O-])C13COCC53C42. The molecule has 6 bridgehead atoms. The summed E-state index contributed by atoms with van der Waals surface area (Å²) >= 11 is 0. The van der Waals surface area contributed by atoms with Gasteiger partial charge in [-0.05, 0) is 31.1 Å². The molecule has 8 nitrogen and oxygen atoms in total. The number of nitrogens with zero attached hydrogens (tertiary/aromatic N) is 4. The van der Waals surface area contributed by atoms with E-state index in [0.29, 0.717) is 19.1 Å². The van der Waals surface area contributed by atoms with Gasteiger partial charge in [0, 0.05) is 30.0 Å². The highest BCUT2D eigenvalue weighted by molar-refractivity contribution is 5.35. The van der Waals surface area contributed by atoms with Crippen molar-refractivity contribution < 1.29 is 4.74 Å². The third-order valence-corrected chi connectivity index (χ3v) is 8.77. The van der Waals surface area contributed by atoms with Gasteiger partial charge >= 0.3 is 11.4 Å². The predicted octanol–water partition coefficient (Wildman–Crippen LogP) is -0.559. The maximum Gasteiger partial charge on any atom is 0.347 e. The molecule has 2 spiro atoms. The van der Waals surface area contributed by atoms with Gasteiger partial charge in [-0.3, -0.25) is 0 Å². The molecule has 3 aliphatic carbocycles. The van der Waals surface area contributed by atoms with Crippen molar-refractivity contribution in [2.24, 2.45) is 29.7 Å². The first-order valence-electron chi connectivity index (χ1n) is 8.99. The van der Waals surface area contributed by atoms with Crippen molar-refractivity contribution in [3.8, 4) is 0 Å². The Morgan fingerprint density at radius 3 is 2.58 bits per heavy atom. The molecule has 1 aromatic heterocycles. The van der Waals surface area contributed by atoms with Gasteiger partial charge in [-0.15, -0.1) is 0 Å². The molecule has 3 saturated carbocycles. The van der Waals surface area contributed by atoms with Crippen LogP contribution in [0.25, 0.3) is 0 Å². The van der Waals surface area contributed by atoms with Crippen LogP contribution in [0.1, 0.15) is 31.3 Å². The average Bonchev–Trinajstić information content (AvgIpc) is 3.24. The highest BCUT2D eigenvalue weighted by atomic mass is 16.5. The molecule has 4 aliphatic heterocycles. The fourth-order valence-electron chi connectivity index (χ4n) is 8.36. The number of hydroxylamine groups is 2. The molecule has 8 unspecified atom stereocenters. The molecule has 0 amide bonds. The molecule has 0 N–H and O–H groups in total. The van der Waals surface area contributed by atoms with Crippen molar-refractivity contribution in [3.63, 3.8) is 0 Å². The molecular formula is C16H19N4O4-. The molecule has 5 fully saturated rings. The lowest BCUT2D eigenvalue weighted by molar-refractivity contribution is -0.129. The van der Waals surface area contributed by atoms with Crippen molar-refractivity contribution >= 4 is 0 Å². The van der Waals surface area contributed by atoms with E-state index in [1.165, 1.54) is 9.63 Å². The molecule has 24 heavy (non-hydrogen) atoms. The van der Waals surface area contributed by atoms with Crippen molar-refractivity contribution in [3.05, 3.63) is 26.2 Å². The number of hydrogen-bond donors (Lipinski definition) is 0. The summed E-state index contributed by atoms with van der Waals surface area (Å²) in [5.74, 6) is 0.695. The monoisotopic (exact) mass is 331 g/mol. The van der Waals surface area contributed by atoms with Crippen molar-refractivity contribution in [2.75, 3.05) is 13.2 Å². The smallest absolute Gasteiger partial charge is 0.347 e. The summed E-state index contributed by atoms with van der Waals surface area (Å²) < 4.78 is 10.6. The summed E-state index contributed by atoms with van der Waals surface area (Å²) in [7, 11) is 1.55. The fourth-order valence-corrected chi connectivity index (χ4v) is 8.36. The van der Waals surface area contributed by atoms with Gasteiger partial charge in [0.05, 0.1) is 25.3 Å². The Bertz CT molecular complexity index is 931. The zero-order chi connectivity index (χ0) is 16.2. The Morgan fingerprint density at radius 2 is 1.79 bits per heavy atom. The maximum absolute atomic E-state index is 13.2. The van der Waals surface area contributed by atoms with Gasteiger partial charge < -0.3 is 15.0 Å². The number of ether oxygens (including phenoxy) is 1. The topological polar surface area (TPSA) is 84.5 Å². The van der Waals surface area contributed by atoms with Gasteiger partial charge in [0.2, 0.25) is 0 Å². The van der Waals surface area contributed by atoms with Crippen LogP contribution in [0.3, 0.4) is 0 Å². The van der Waals surface area contributed by atoms with Crippen molar-refractivity contribution in [1.82, 2.24) is 19.0 Å². The van der Waals surface area contributed by atoms with E-state index in [9.17, 15) is 14.8 Å². The Labute approximate surface area is 137 Å². The van der Waals surface area contributed by atoms with E-state index < -0.39 is 0 Å². The summed E-state index contributed by atoms with van der Waals surface area (Å²) in [4.78, 5) is 25.6. The van der Waals surface area contributed by atoms with Gasteiger partial charge in [-0.1, -0.05) is 0 Å². The lowest BCUT2D eigenvalue weighted by Gasteiger charge is -2.61. The molecule has 8 heteroatoms. The molecular weight excluding hydrogens is 312 g/mol. The molecule has 0 radical (unpaired) electrons. The molecule has 8 rings (SSSR count). The summed E-state index contributed by atoms with van der Waals surface area (Å²) in [6.45, 7) is 1.20. The Morgan fingerprint density at radius 1 is 1.08 bits per heavy atom. The molecule has 7 aliphatic rings. The lowest BCUT2D eigenvalue weighted by atomic mass is 9.46. The van der Waals surface area contributed by atoms with E-state index in [-0.39, 0.29) is 52.3 Å². The van der Waals surface area contributed by atoms with Gasteiger partial charge in [-0.25, -0.2) is 23.5 Å². The minimum atomic E-state index is -0.280. The van der Waals surface area contributed by atoms with Crippen LogP contribution in [-0.2, 0) is 11.8 Å². The van der Waals surface area contributed by atoms with E-state index in [2.05, 4.69) is 0 Å². The molecule has 5 heterocycles. The Kier molecular flexibility index (Phi) is 1.79. The van der Waals surface area contributed by atoms with E-state index in [1.807, 2.05) is 0 Å². The second kappa shape index (κ2) is 3.32. The molecule has 8 atom stereocenters. The standard InChI is InChI=1S/C16H19N4O4/c1-17-13(21)18-11-8-4-7-2-3-9-16(6-24-5-15(7,11)16)12(10(8)20(9)23)19(18)14(17)22/h7-12H,2-6H2,1H3/q-1. The zero-order valence-electron chi connectivity index (χ0n) is 13.4. The predicted molar refractivity (Wildman–Crippen MR) is 81.3 cm³/mol. The number of rotatable bonds is 0. The van der Waals surface area contributed by atoms with Crippen LogP contribution in [0, 0.1) is 27.9 Å². The second-order valence-corrected chi connectivity index (χ2v) is 8.82. The van der Waals surface area contributed by atoms with Gasteiger partial charge in [-0.2, -0.15) is 0 Å². The van der Waals surface area contributed by atoms with Crippen LogP contribution < -0.4 is 11.4 Å². The van der Waals surface area contributed by atoms with Crippen LogP contribution in [0.2, 0.25) is 0 Å². The summed E-state index contributed by atoms with van der Waals surface area (Å²) in [6, 6.07) is -0.484. The number of aromatic nitrogens is 3. The summed E-state index contributed by atoms with van der Waals surface area (Å²) in [5, 5.41) is 14.5. The number of hydrogen-bond acceptors (Lipinski definition) is 5. The Balaban J connectivity index is 1.70. The molecule has 0 aromatic carbocycles. The van der Waals surface area contributed by atoms with E-state index in [1.54, 1.807) is 16.4 Å². The zero-order valence-corrected chi connectivity index (χ0v) is 13.4. The highest BCUT2D eigenvalue weighted by Crippen LogP contribution is 2.82. The minimum absolute atomic E-state index is 0.0526.